The van der Waals surface area contributed by atoms with Gasteiger partial charge in [-0.25, -0.2) is 0 Å². The summed E-state index contributed by atoms with van der Waals surface area (Å²) >= 11 is 0. The highest BCUT2D eigenvalue weighted by atomic mass is 16.3. The number of rotatable bonds is 1. The Morgan fingerprint density at radius 3 is 1.88 bits per heavy atom. The first-order valence-corrected chi connectivity index (χ1v) is 5.76. The van der Waals surface area contributed by atoms with Crippen LogP contribution in [-0.2, 0) is 0 Å². The van der Waals surface area contributed by atoms with Crippen molar-refractivity contribution in [3.05, 3.63) is 48.5 Å². The van der Waals surface area contributed by atoms with Crippen LogP contribution in [0.1, 0.15) is 20.3 Å². The van der Waals surface area contributed by atoms with E-state index in [1.807, 2.05) is 12.1 Å². The van der Waals surface area contributed by atoms with E-state index in [2.05, 4.69) is 13.8 Å². The van der Waals surface area contributed by atoms with Gasteiger partial charge >= 0.3 is 0 Å². The molecule has 2 aromatic carbocycles. The predicted octanol–water partition coefficient (Wildman–Crippen LogP) is 4.18. The van der Waals surface area contributed by atoms with Crippen molar-refractivity contribution in [2.24, 2.45) is 0 Å². The number of para-hydroxylation sites is 1. The summed E-state index contributed by atoms with van der Waals surface area (Å²) in [6.45, 7) is 4.25. The molecule has 0 atom stereocenters. The third-order valence-electron chi connectivity index (χ3n) is 2.08. The van der Waals surface area contributed by atoms with Gasteiger partial charge in [-0.1, -0.05) is 50.6 Å². The van der Waals surface area contributed by atoms with Crippen LogP contribution in [0.25, 0.3) is 11.1 Å². The summed E-state index contributed by atoms with van der Waals surface area (Å²) < 4.78 is 0. The van der Waals surface area contributed by atoms with E-state index in [4.69, 9.17) is 5.11 Å². The van der Waals surface area contributed by atoms with Crippen LogP contribution in [0.2, 0.25) is 0 Å². The molecule has 0 aliphatic heterocycles. The smallest absolute Gasteiger partial charge is 0.123 e. The van der Waals surface area contributed by atoms with E-state index in [1.165, 1.54) is 6.42 Å². The van der Waals surface area contributed by atoms with Crippen molar-refractivity contribution in [2.75, 3.05) is 0 Å². The second kappa shape index (κ2) is 6.59. The monoisotopic (exact) mass is 230 g/mol. The van der Waals surface area contributed by atoms with Crippen LogP contribution < -0.4 is 0 Å². The Balaban J connectivity index is 0.000000437. The van der Waals surface area contributed by atoms with Crippen molar-refractivity contribution in [3.63, 3.8) is 0 Å². The molecule has 2 aromatic rings. The Morgan fingerprint density at radius 1 is 0.824 bits per heavy atom. The van der Waals surface area contributed by atoms with Crippen molar-refractivity contribution in [2.45, 2.75) is 20.3 Å². The van der Waals surface area contributed by atoms with E-state index in [1.54, 1.807) is 36.4 Å². The highest BCUT2D eigenvalue weighted by Crippen LogP contribution is 2.29. The van der Waals surface area contributed by atoms with Crippen LogP contribution in [0, 0.1) is 0 Å². The maximum absolute atomic E-state index is 9.57. The molecule has 2 rings (SSSR count). The van der Waals surface area contributed by atoms with E-state index in [0.717, 1.165) is 11.1 Å². The minimum Gasteiger partial charge on any atom is -0.508 e. The van der Waals surface area contributed by atoms with Crippen molar-refractivity contribution in [1.82, 2.24) is 0 Å². The predicted molar refractivity (Wildman–Crippen MR) is 71.2 cm³/mol. The summed E-state index contributed by atoms with van der Waals surface area (Å²) in [5, 5.41) is 18.7. The van der Waals surface area contributed by atoms with E-state index >= 15 is 0 Å². The molecule has 0 heterocycles. The fourth-order valence-corrected chi connectivity index (χ4v) is 1.36. The van der Waals surface area contributed by atoms with Gasteiger partial charge < -0.3 is 10.2 Å². The van der Waals surface area contributed by atoms with Gasteiger partial charge in [-0.3, -0.25) is 0 Å². The van der Waals surface area contributed by atoms with Crippen molar-refractivity contribution >= 4 is 0 Å². The molecule has 2 nitrogen and oxygen atoms in total. The molecule has 0 saturated carbocycles. The number of phenolic OH excluding ortho intramolecular Hbond substituents is 2. The van der Waals surface area contributed by atoms with Gasteiger partial charge in [0.15, 0.2) is 0 Å². The molecule has 0 spiro atoms. The lowest BCUT2D eigenvalue weighted by Crippen LogP contribution is -1.77. The molecule has 0 radical (unpaired) electrons. The van der Waals surface area contributed by atoms with Gasteiger partial charge in [-0.2, -0.15) is 0 Å². The topological polar surface area (TPSA) is 40.5 Å². The maximum atomic E-state index is 9.57. The number of hydrogen-bond donors (Lipinski definition) is 2. The Hall–Kier alpha value is -1.96. The fraction of sp³-hybridized carbons (Fsp3) is 0.200. The Bertz CT molecular complexity index is 447. The number of phenols is 2. The van der Waals surface area contributed by atoms with E-state index in [0.29, 0.717) is 0 Å². The number of hydrogen-bond acceptors (Lipinski definition) is 2. The first-order valence-electron chi connectivity index (χ1n) is 5.76. The van der Waals surface area contributed by atoms with Crippen LogP contribution in [0.15, 0.2) is 48.5 Å². The van der Waals surface area contributed by atoms with Gasteiger partial charge in [0.1, 0.15) is 11.5 Å². The van der Waals surface area contributed by atoms with Gasteiger partial charge in [-0.15, -0.1) is 0 Å². The first kappa shape index (κ1) is 13.1. The molecule has 0 saturated heterocycles. The first-order chi connectivity index (χ1) is 8.19. The second-order valence-corrected chi connectivity index (χ2v) is 3.77. The van der Waals surface area contributed by atoms with E-state index in [9.17, 15) is 5.11 Å². The van der Waals surface area contributed by atoms with Crippen LogP contribution >= 0.6 is 0 Å². The lowest BCUT2D eigenvalue weighted by Gasteiger charge is -2.03. The standard InChI is InChI=1S/C12H10O2.C3H8/c13-10-7-5-9(6-8-10)11-3-1-2-4-12(11)14;1-3-2/h1-8,13-14H;3H2,1-2H3. The lowest BCUT2D eigenvalue weighted by atomic mass is 10.0. The summed E-state index contributed by atoms with van der Waals surface area (Å²) in [6, 6.07) is 13.9. The summed E-state index contributed by atoms with van der Waals surface area (Å²) in [7, 11) is 0. The average molecular weight is 230 g/mol. The molecule has 0 aliphatic carbocycles. The SMILES string of the molecule is CCC.Oc1ccc(-c2ccccc2O)cc1. The summed E-state index contributed by atoms with van der Waals surface area (Å²) in [5.74, 6) is 0.474. The normalized spacial score (nSPS) is 9.29. The number of aromatic hydroxyl groups is 2. The van der Waals surface area contributed by atoms with Gasteiger partial charge in [0, 0.05) is 5.56 Å². The molecule has 0 fully saturated rings. The lowest BCUT2D eigenvalue weighted by molar-refractivity contribution is 0.474. The van der Waals surface area contributed by atoms with Gasteiger partial charge in [0.2, 0.25) is 0 Å². The minimum absolute atomic E-state index is 0.226. The number of benzene rings is 2. The molecule has 90 valence electrons. The van der Waals surface area contributed by atoms with Crippen LogP contribution in [0.3, 0.4) is 0 Å². The van der Waals surface area contributed by atoms with Crippen molar-refractivity contribution in [1.29, 1.82) is 0 Å². The quantitative estimate of drug-likeness (QED) is 0.771. The van der Waals surface area contributed by atoms with E-state index < -0.39 is 0 Å². The molecule has 0 aromatic heterocycles. The highest BCUT2D eigenvalue weighted by molar-refractivity contribution is 5.70. The highest BCUT2D eigenvalue weighted by Gasteiger charge is 2.01. The summed E-state index contributed by atoms with van der Waals surface area (Å²) in [4.78, 5) is 0. The largest absolute Gasteiger partial charge is 0.508 e. The van der Waals surface area contributed by atoms with E-state index in [-0.39, 0.29) is 11.5 Å². The van der Waals surface area contributed by atoms with Gasteiger partial charge in [-0.05, 0) is 23.8 Å². The molecule has 17 heavy (non-hydrogen) atoms. The summed E-state index contributed by atoms with van der Waals surface area (Å²) in [6.07, 6.45) is 1.25. The van der Waals surface area contributed by atoms with Gasteiger partial charge in [0.25, 0.3) is 0 Å². The average Bonchev–Trinajstić information content (AvgIpc) is 2.32. The Labute approximate surface area is 102 Å². The van der Waals surface area contributed by atoms with Crippen molar-refractivity contribution < 1.29 is 10.2 Å². The zero-order valence-electron chi connectivity index (χ0n) is 10.2. The van der Waals surface area contributed by atoms with Crippen molar-refractivity contribution in [3.8, 4) is 22.6 Å². The Morgan fingerprint density at radius 2 is 1.35 bits per heavy atom. The molecular weight excluding hydrogens is 212 g/mol. The second-order valence-electron chi connectivity index (χ2n) is 3.77. The van der Waals surface area contributed by atoms with Crippen LogP contribution in [-0.4, -0.2) is 10.2 Å². The molecule has 2 N–H and O–H groups in total. The van der Waals surface area contributed by atoms with Crippen LogP contribution in [0.5, 0.6) is 11.5 Å². The molecule has 0 aliphatic rings. The van der Waals surface area contributed by atoms with Gasteiger partial charge in [0.05, 0.1) is 0 Å². The zero-order chi connectivity index (χ0) is 12.7. The maximum Gasteiger partial charge on any atom is 0.123 e. The molecule has 2 heteroatoms. The summed E-state index contributed by atoms with van der Waals surface area (Å²) in [5.41, 5.74) is 1.66. The Kier molecular flexibility index (Phi) is 5.08. The van der Waals surface area contributed by atoms with Crippen LogP contribution in [0.4, 0.5) is 0 Å². The minimum atomic E-state index is 0.226. The molecule has 0 bridgehead atoms. The zero-order valence-corrected chi connectivity index (χ0v) is 10.2. The molecule has 0 amide bonds. The molecular formula is C15H18O2. The molecule has 0 unspecified atom stereocenters. The fourth-order valence-electron chi connectivity index (χ4n) is 1.36. The third kappa shape index (κ3) is 3.83. The third-order valence-corrected chi connectivity index (χ3v) is 2.08.